The Balaban J connectivity index is 1.34. The van der Waals surface area contributed by atoms with Gasteiger partial charge in [0.05, 0.1) is 22.5 Å². The Morgan fingerprint density at radius 2 is 1.83 bits per heavy atom. The lowest BCUT2D eigenvalue weighted by Crippen LogP contribution is -2.41. The molecule has 1 fully saturated rings. The first-order valence-corrected chi connectivity index (χ1v) is 10.3. The first-order chi connectivity index (χ1) is 14.5. The van der Waals surface area contributed by atoms with Crippen LogP contribution in [0.5, 0.6) is 0 Å². The molecule has 0 atom stereocenters. The Bertz CT molecular complexity index is 1060. The summed E-state index contributed by atoms with van der Waals surface area (Å²) in [4.78, 5) is 31.1. The molecule has 1 N–H and O–H groups in total. The average Bonchev–Trinajstić information content (AvgIpc) is 3.25. The molecule has 3 heterocycles. The Morgan fingerprint density at radius 1 is 1.03 bits per heavy atom. The number of rotatable bonds is 4. The molecule has 1 aromatic carbocycles. The Labute approximate surface area is 183 Å². The number of piperidine rings is 1. The Morgan fingerprint density at radius 3 is 2.53 bits per heavy atom. The highest BCUT2D eigenvalue weighted by Gasteiger charge is 2.28. The summed E-state index contributed by atoms with van der Waals surface area (Å²) in [5.41, 5.74) is 1.29. The highest BCUT2D eigenvalue weighted by atomic mass is 35.5. The van der Waals surface area contributed by atoms with Crippen molar-refractivity contribution < 1.29 is 9.59 Å². The maximum absolute atomic E-state index is 12.8. The van der Waals surface area contributed by atoms with Crippen molar-refractivity contribution in [1.82, 2.24) is 19.7 Å². The number of hydrogen-bond acceptors (Lipinski definition) is 4. The molecule has 4 rings (SSSR count). The zero-order valence-electron chi connectivity index (χ0n) is 16.0. The predicted octanol–water partition coefficient (Wildman–Crippen LogP) is 4.07. The summed E-state index contributed by atoms with van der Waals surface area (Å²) in [7, 11) is 0. The number of anilines is 1. The molecule has 0 radical (unpaired) electrons. The molecule has 0 bridgehead atoms. The molecule has 9 heteroatoms. The summed E-state index contributed by atoms with van der Waals surface area (Å²) >= 11 is 11.8. The molecule has 1 saturated heterocycles. The maximum Gasteiger partial charge on any atom is 0.257 e. The number of halogens is 2. The van der Waals surface area contributed by atoms with Crippen molar-refractivity contribution in [3.8, 4) is 5.69 Å². The molecule has 154 valence electrons. The number of likely N-dealkylation sites (tertiary alicyclic amines) is 1. The molecule has 0 aliphatic carbocycles. The summed E-state index contributed by atoms with van der Waals surface area (Å²) in [5, 5.41) is 8.19. The Hall–Kier alpha value is -2.90. The number of hydrogen-bond donors (Lipinski definition) is 1. The average molecular weight is 444 g/mol. The lowest BCUT2D eigenvalue weighted by molar-refractivity contribution is -0.121. The summed E-state index contributed by atoms with van der Waals surface area (Å²) in [6.07, 6.45) is 5.91. The van der Waals surface area contributed by atoms with E-state index in [2.05, 4.69) is 15.4 Å². The number of aromatic nitrogens is 3. The number of benzene rings is 1. The molecule has 0 saturated carbocycles. The van der Waals surface area contributed by atoms with Gasteiger partial charge in [0, 0.05) is 36.4 Å². The van der Waals surface area contributed by atoms with Crippen molar-refractivity contribution in [2.24, 2.45) is 5.92 Å². The van der Waals surface area contributed by atoms with Gasteiger partial charge in [-0.15, -0.1) is 0 Å². The molecular formula is C21H19Cl2N5O2. The maximum atomic E-state index is 12.8. The molecule has 30 heavy (non-hydrogen) atoms. The summed E-state index contributed by atoms with van der Waals surface area (Å²) in [5.74, 6) is 0.115. The van der Waals surface area contributed by atoms with Crippen LogP contribution < -0.4 is 5.32 Å². The molecule has 1 aliphatic rings. The number of carbonyl (C=O) groups is 2. The van der Waals surface area contributed by atoms with Gasteiger partial charge in [-0.2, -0.15) is 5.10 Å². The van der Waals surface area contributed by atoms with Gasteiger partial charge in [-0.25, -0.2) is 9.67 Å². The van der Waals surface area contributed by atoms with E-state index in [-0.39, 0.29) is 17.7 Å². The summed E-state index contributed by atoms with van der Waals surface area (Å²) in [6.45, 7) is 1.01. The number of nitrogens with one attached hydrogen (secondary N) is 1. The van der Waals surface area contributed by atoms with Crippen molar-refractivity contribution in [3.63, 3.8) is 0 Å². The minimum atomic E-state index is -0.166. The van der Waals surface area contributed by atoms with E-state index in [9.17, 15) is 9.59 Å². The summed E-state index contributed by atoms with van der Waals surface area (Å²) in [6, 6.07) is 10.6. The van der Waals surface area contributed by atoms with Crippen LogP contribution in [0, 0.1) is 5.92 Å². The zero-order chi connectivity index (χ0) is 21.1. The van der Waals surface area contributed by atoms with Crippen molar-refractivity contribution in [2.75, 3.05) is 18.4 Å². The van der Waals surface area contributed by atoms with Crippen molar-refractivity contribution in [3.05, 3.63) is 70.6 Å². The second kappa shape index (κ2) is 8.85. The van der Waals surface area contributed by atoms with E-state index in [1.54, 1.807) is 46.2 Å². The molecule has 2 amide bonds. The minimum absolute atomic E-state index is 0.0919. The third-order valence-corrected chi connectivity index (χ3v) is 5.49. The van der Waals surface area contributed by atoms with Crippen LogP contribution in [0.1, 0.15) is 23.2 Å². The molecular weight excluding hydrogens is 425 g/mol. The fourth-order valence-electron chi connectivity index (χ4n) is 3.40. The second-order valence-electron chi connectivity index (χ2n) is 7.07. The van der Waals surface area contributed by atoms with E-state index in [0.29, 0.717) is 47.4 Å². The van der Waals surface area contributed by atoms with Gasteiger partial charge in [-0.05, 0) is 43.2 Å². The van der Waals surface area contributed by atoms with Gasteiger partial charge < -0.3 is 10.2 Å². The van der Waals surface area contributed by atoms with Gasteiger partial charge in [0.25, 0.3) is 5.91 Å². The van der Waals surface area contributed by atoms with Gasteiger partial charge in [-0.3, -0.25) is 9.59 Å². The SMILES string of the molecule is O=C(Nc1ccc(Cl)cn1)C1CCN(C(=O)c2cnn(-c3cccc(Cl)c3)c2)CC1. The summed E-state index contributed by atoms with van der Waals surface area (Å²) < 4.78 is 1.62. The van der Waals surface area contributed by atoms with E-state index >= 15 is 0 Å². The van der Waals surface area contributed by atoms with Crippen LogP contribution >= 0.6 is 23.2 Å². The second-order valence-corrected chi connectivity index (χ2v) is 7.94. The Kier molecular flexibility index (Phi) is 6.01. The van der Waals surface area contributed by atoms with E-state index in [4.69, 9.17) is 23.2 Å². The molecule has 2 aromatic heterocycles. The monoisotopic (exact) mass is 443 g/mol. The fraction of sp³-hybridized carbons (Fsp3) is 0.238. The normalized spacial score (nSPS) is 14.5. The van der Waals surface area contributed by atoms with Crippen molar-refractivity contribution >= 4 is 40.8 Å². The van der Waals surface area contributed by atoms with Crippen LogP contribution in [0.15, 0.2) is 55.0 Å². The zero-order valence-corrected chi connectivity index (χ0v) is 17.5. The smallest absolute Gasteiger partial charge is 0.257 e. The number of amides is 2. The van der Waals surface area contributed by atoms with Gasteiger partial charge in [0.2, 0.25) is 5.91 Å². The molecule has 3 aromatic rings. The van der Waals surface area contributed by atoms with Crippen LogP contribution in [-0.2, 0) is 4.79 Å². The fourth-order valence-corrected chi connectivity index (χ4v) is 3.69. The molecule has 0 unspecified atom stereocenters. The highest BCUT2D eigenvalue weighted by molar-refractivity contribution is 6.30. The van der Waals surface area contributed by atoms with Crippen LogP contribution in [0.25, 0.3) is 5.69 Å². The third kappa shape index (κ3) is 4.63. The largest absolute Gasteiger partial charge is 0.339 e. The first kappa shape index (κ1) is 20.4. The molecule has 0 spiro atoms. The van der Waals surface area contributed by atoms with E-state index in [1.165, 1.54) is 6.20 Å². The molecule has 7 nitrogen and oxygen atoms in total. The predicted molar refractivity (Wildman–Crippen MR) is 115 cm³/mol. The number of carbonyl (C=O) groups excluding carboxylic acids is 2. The third-order valence-electron chi connectivity index (χ3n) is 5.03. The van der Waals surface area contributed by atoms with Crippen LogP contribution in [-0.4, -0.2) is 44.6 Å². The van der Waals surface area contributed by atoms with Gasteiger partial charge in [-0.1, -0.05) is 29.3 Å². The standard InChI is InChI=1S/C21H19Cl2N5O2/c22-16-2-1-3-18(10-16)28-13-15(11-25-28)21(30)27-8-6-14(7-9-27)20(29)26-19-5-4-17(23)12-24-19/h1-5,10-14H,6-9H2,(H,24,26,29). The molecule has 1 aliphatic heterocycles. The topological polar surface area (TPSA) is 80.1 Å². The van der Waals surface area contributed by atoms with Gasteiger partial charge in [0.15, 0.2) is 0 Å². The number of pyridine rings is 1. The van der Waals surface area contributed by atoms with Crippen LogP contribution in [0.4, 0.5) is 5.82 Å². The van der Waals surface area contributed by atoms with Crippen molar-refractivity contribution in [2.45, 2.75) is 12.8 Å². The van der Waals surface area contributed by atoms with Gasteiger partial charge in [0.1, 0.15) is 5.82 Å². The van der Waals surface area contributed by atoms with E-state index < -0.39 is 0 Å². The lowest BCUT2D eigenvalue weighted by Gasteiger charge is -2.31. The quantitative estimate of drug-likeness (QED) is 0.658. The van der Waals surface area contributed by atoms with E-state index in [0.717, 1.165) is 5.69 Å². The first-order valence-electron chi connectivity index (χ1n) is 9.52. The lowest BCUT2D eigenvalue weighted by atomic mass is 9.95. The number of nitrogens with zero attached hydrogens (tertiary/aromatic N) is 4. The van der Waals surface area contributed by atoms with Crippen molar-refractivity contribution in [1.29, 1.82) is 0 Å². The van der Waals surface area contributed by atoms with Crippen LogP contribution in [0.3, 0.4) is 0 Å². The van der Waals surface area contributed by atoms with E-state index in [1.807, 2.05) is 12.1 Å². The minimum Gasteiger partial charge on any atom is -0.339 e. The highest BCUT2D eigenvalue weighted by Crippen LogP contribution is 2.22. The van der Waals surface area contributed by atoms with Crippen LogP contribution in [0.2, 0.25) is 10.0 Å². The van der Waals surface area contributed by atoms with Gasteiger partial charge >= 0.3 is 0 Å².